The number of hydrogen-bond donors (Lipinski definition) is 0. The first-order chi connectivity index (χ1) is 8.72. The number of epoxide rings is 1. The van der Waals surface area contributed by atoms with E-state index in [1.165, 1.54) is 0 Å². The molecule has 2 atom stereocenters. The second kappa shape index (κ2) is 8.21. The molecule has 0 aromatic heterocycles. The van der Waals surface area contributed by atoms with Crippen molar-refractivity contribution in [2.75, 3.05) is 41.3 Å². The fourth-order valence-corrected chi connectivity index (χ4v) is 4.56. The van der Waals surface area contributed by atoms with Crippen LogP contribution in [0.5, 0.6) is 0 Å². The predicted octanol–water partition coefficient (Wildman–Crippen LogP) is 1.03. The Kier molecular flexibility index (Phi) is 7.31. The van der Waals surface area contributed by atoms with E-state index in [9.17, 15) is 0 Å². The minimum atomic E-state index is -2.64. The highest BCUT2D eigenvalue weighted by atomic mass is 28.4. The van der Waals surface area contributed by atoms with Crippen molar-refractivity contribution >= 4 is 8.56 Å². The van der Waals surface area contributed by atoms with Gasteiger partial charge in [0.2, 0.25) is 0 Å². The van der Waals surface area contributed by atoms with Gasteiger partial charge in [0.15, 0.2) is 5.91 Å². The van der Waals surface area contributed by atoms with Gasteiger partial charge < -0.3 is 27.8 Å². The van der Waals surface area contributed by atoms with Crippen LogP contribution in [0.1, 0.15) is 13.3 Å². The maximum atomic E-state index is 5.84. The van der Waals surface area contributed by atoms with Crippen LogP contribution in [0.3, 0.4) is 0 Å². The van der Waals surface area contributed by atoms with Crippen LogP contribution < -0.4 is 0 Å². The lowest BCUT2D eigenvalue weighted by Crippen LogP contribution is -2.56. The quantitative estimate of drug-likeness (QED) is 0.244. The molecular formula is C11H24O6Si. The second-order valence-electron chi connectivity index (χ2n) is 4.15. The molecule has 0 aromatic rings. The van der Waals surface area contributed by atoms with Crippen LogP contribution in [0, 0.1) is 0 Å². The van der Waals surface area contributed by atoms with Crippen molar-refractivity contribution in [1.29, 1.82) is 0 Å². The van der Waals surface area contributed by atoms with Gasteiger partial charge in [0, 0.05) is 34.0 Å². The summed E-state index contributed by atoms with van der Waals surface area (Å²) < 4.78 is 32.7. The molecule has 0 aliphatic carbocycles. The molecule has 1 aliphatic heterocycles. The molecule has 0 aromatic carbocycles. The zero-order valence-corrected chi connectivity index (χ0v) is 12.6. The Hall–Kier alpha value is -0.0231. The first-order valence-electron chi connectivity index (χ1n) is 6.16. The average Bonchev–Trinajstić information content (AvgIpc) is 3.19. The molecule has 7 heteroatoms. The number of methoxy groups -OCH3 is 2. The highest BCUT2D eigenvalue weighted by molar-refractivity contribution is 6.68. The third-order valence-electron chi connectivity index (χ3n) is 2.78. The monoisotopic (exact) mass is 280 g/mol. The Morgan fingerprint density at radius 3 is 2.39 bits per heavy atom. The Bertz CT molecular complexity index is 222. The minimum Gasteiger partial charge on any atom is -0.395 e. The van der Waals surface area contributed by atoms with Crippen molar-refractivity contribution in [3.63, 3.8) is 0 Å². The van der Waals surface area contributed by atoms with E-state index in [0.29, 0.717) is 12.7 Å². The Balaban J connectivity index is 2.56. The van der Waals surface area contributed by atoms with Crippen molar-refractivity contribution in [3.05, 3.63) is 0 Å². The maximum absolute atomic E-state index is 5.84. The van der Waals surface area contributed by atoms with Crippen molar-refractivity contribution in [2.45, 2.75) is 31.4 Å². The van der Waals surface area contributed by atoms with Gasteiger partial charge in [0.25, 0.3) is 0 Å². The van der Waals surface area contributed by atoms with Crippen LogP contribution in [-0.2, 0) is 27.8 Å². The Morgan fingerprint density at radius 2 is 1.94 bits per heavy atom. The molecule has 1 saturated heterocycles. The molecule has 0 saturated carbocycles. The van der Waals surface area contributed by atoms with Gasteiger partial charge in [0.1, 0.15) is 6.79 Å². The molecule has 1 fully saturated rings. The van der Waals surface area contributed by atoms with Gasteiger partial charge in [-0.2, -0.15) is 0 Å². The van der Waals surface area contributed by atoms with Gasteiger partial charge in [-0.3, -0.25) is 0 Å². The van der Waals surface area contributed by atoms with Crippen LogP contribution in [0.2, 0.25) is 6.04 Å². The van der Waals surface area contributed by atoms with Crippen LogP contribution in [0.4, 0.5) is 0 Å². The summed E-state index contributed by atoms with van der Waals surface area (Å²) in [7, 11) is 2.15. The Morgan fingerprint density at radius 1 is 1.28 bits per heavy atom. The van der Waals surface area contributed by atoms with Crippen LogP contribution in [-0.4, -0.2) is 61.9 Å². The molecule has 1 aliphatic rings. The predicted molar refractivity (Wildman–Crippen MR) is 67.3 cm³/mol. The van der Waals surface area contributed by atoms with E-state index in [4.69, 9.17) is 27.8 Å². The van der Waals surface area contributed by atoms with Crippen molar-refractivity contribution in [3.8, 4) is 0 Å². The molecule has 18 heavy (non-hydrogen) atoms. The van der Waals surface area contributed by atoms with E-state index in [-0.39, 0.29) is 12.9 Å². The van der Waals surface area contributed by atoms with Gasteiger partial charge in [0.05, 0.1) is 12.7 Å². The summed E-state index contributed by atoms with van der Waals surface area (Å²) in [4.78, 5) is 0. The van der Waals surface area contributed by atoms with E-state index in [2.05, 4.69) is 0 Å². The molecule has 6 nitrogen and oxygen atoms in total. The smallest absolute Gasteiger partial charge is 0.395 e. The summed E-state index contributed by atoms with van der Waals surface area (Å²) in [6, 6.07) is 0.686. The summed E-state index contributed by atoms with van der Waals surface area (Å²) in [5.41, 5.74) is 0. The van der Waals surface area contributed by atoms with E-state index >= 15 is 0 Å². The highest BCUT2D eigenvalue weighted by Gasteiger charge is 2.51. The SMILES string of the molecule is CCCOCO[Si](CC1CO1)(OC)C(OC)OC. The molecule has 0 N–H and O–H groups in total. The summed E-state index contributed by atoms with van der Waals surface area (Å²) in [5, 5.41) is 0. The summed E-state index contributed by atoms with van der Waals surface area (Å²) in [5.74, 6) is -0.489. The van der Waals surface area contributed by atoms with E-state index in [1.807, 2.05) is 6.92 Å². The number of hydrogen-bond acceptors (Lipinski definition) is 6. The minimum absolute atomic E-state index is 0.190. The fraction of sp³-hybridized carbons (Fsp3) is 1.00. The van der Waals surface area contributed by atoms with Crippen LogP contribution in [0.15, 0.2) is 0 Å². The molecule has 1 heterocycles. The highest BCUT2D eigenvalue weighted by Crippen LogP contribution is 2.28. The fourth-order valence-electron chi connectivity index (χ4n) is 1.76. The second-order valence-corrected chi connectivity index (χ2v) is 7.35. The molecule has 0 spiro atoms. The summed E-state index contributed by atoms with van der Waals surface area (Å²) in [6.07, 6.45) is 1.14. The standard InChI is InChI=1S/C11H24O6Si/c1-5-6-15-9-17-18(14-4,8-10-7-16-10)11(12-2)13-3/h10-11H,5-9H2,1-4H3. The molecule has 0 radical (unpaired) electrons. The lowest BCUT2D eigenvalue weighted by molar-refractivity contribution is -0.0972. The average molecular weight is 280 g/mol. The third kappa shape index (κ3) is 4.58. The first-order valence-corrected chi connectivity index (χ1v) is 8.26. The van der Waals surface area contributed by atoms with Gasteiger partial charge >= 0.3 is 8.56 Å². The first kappa shape index (κ1) is 16.0. The molecule has 1 rings (SSSR count). The third-order valence-corrected chi connectivity index (χ3v) is 6.29. The summed E-state index contributed by atoms with van der Waals surface area (Å²) >= 11 is 0. The largest absolute Gasteiger partial charge is 0.400 e. The maximum Gasteiger partial charge on any atom is 0.400 e. The van der Waals surface area contributed by atoms with Crippen molar-refractivity contribution in [2.24, 2.45) is 0 Å². The Labute approximate surface area is 110 Å². The van der Waals surface area contributed by atoms with Crippen LogP contribution in [0.25, 0.3) is 0 Å². The van der Waals surface area contributed by atoms with Gasteiger partial charge in [-0.25, -0.2) is 0 Å². The number of ether oxygens (including phenoxy) is 4. The topological polar surface area (TPSA) is 58.7 Å². The zero-order valence-electron chi connectivity index (χ0n) is 11.6. The lowest BCUT2D eigenvalue weighted by atomic mass is 10.5. The number of rotatable bonds is 11. The van der Waals surface area contributed by atoms with Crippen molar-refractivity contribution < 1.29 is 27.8 Å². The molecule has 2 unspecified atom stereocenters. The molecule has 108 valence electrons. The zero-order chi connectivity index (χ0) is 13.4. The molecule has 0 bridgehead atoms. The van der Waals surface area contributed by atoms with Crippen molar-refractivity contribution in [1.82, 2.24) is 0 Å². The van der Waals surface area contributed by atoms with E-state index < -0.39 is 14.5 Å². The van der Waals surface area contributed by atoms with Gasteiger partial charge in [-0.15, -0.1) is 0 Å². The summed E-state index contributed by atoms with van der Waals surface area (Å²) in [6.45, 7) is 3.66. The van der Waals surface area contributed by atoms with Crippen LogP contribution >= 0.6 is 0 Å². The normalized spacial score (nSPS) is 22.2. The van der Waals surface area contributed by atoms with E-state index in [0.717, 1.165) is 13.0 Å². The lowest BCUT2D eigenvalue weighted by Gasteiger charge is -2.33. The molecular weight excluding hydrogens is 256 g/mol. The molecule has 0 amide bonds. The van der Waals surface area contributed by atoms with Gasteiger partial charge in [-0.05, 0) is 6.42 Å². The van der Waals surface area contributed by atoms with Gasteiger partial charge in [-0.1, -0.05) is 6.92 Å². The van der Waals surface area contributed by atoms with E-state index in [1.54, 1.807) is 21.3 Å².